The molecule has 0 aromatic rings. The molecule has 126 valence electrons. The third-order valence-electron chi connectivity index (χ3n) is 5.45. The second kappa shape index (κ2) is 6.75. The Hall–Kier alpha value is -1.81. The number of amides is 2. The number of methoxy groups -OCH3 is 1. The number of nitriles is 1. The zero-order chi connectivity index (χ0) is 16.4. The molecule has 1 aliphatic carbocycles. The molecule has 0 aromatic carbocycles. The molecule has 7 heteroatoms. The SMILES string of the molecule is COC(=O)N1C[C@H]2CC(NCC(=O)N3CCCC3C#N)C[C@H]2C1. The second-order valence-corrected chi connectivity index (χ2v) is 6.82. The number of ether oxygens (including phenoxy) is 1. The van der Waals surface area contributed by atoms with Crippen molar-refractivity contribution in [2.45, 2.75) is 37.8 Å². The number of rotatable bonds is 3. The van der Waals surface area contributed by atoms with E-state index in [4.69, 9.17) is 10.00 Å². The van der Waals surface area contributed by atoms with Gasteiger partial charge in [-0.3, -0.25) is 4.79 Å². The number of nitrogens with one attached hydrogen (secondary N) is 1. The van der Waals surface area contributed by atoms with Crippen molar-refractivity contribution in [1.29, 1.82) is 5.26 Å². The molecule has 0 spiro atoms. The predicted octanol–water partition coefficient (Wildman–Crippen LogP) is 0.567. The Morgan fingerprint density at radius 2 is 2.00 bits per heavy atom. The minimum Gasteiger partial charge on any atom is -0.453 e. The molecule has 3 aliphatic rings. The summed E-state index contributed by atoms with van der Waals surface area (Å²) >= 11 is 0. The van der Waals surface area contributed by atoms with Gasteiger partial charge in [0.05, 0.1) is 19.7 Å². The first-order chi connectivity index (χ1) is 11.1. The summed E-state index contributed by atoms with van der Waals surface area (Å²) in [5.74, 6) is 1.03. The lowest BCUT2D eigenvalue weighted by Gasteiger charge is -2.22. The molecule has 2 aliphatic heterocycles. The van der Waals surface area contributed by atoms with Crippen molar-refractivity contribution in [3.05, 3.63) is 0 Å². The summed E-state index contributed by atoms with van der Waals surface area (Å²) in [6.45, 7) is 2.52. The first kappa shape index (κ1) is 16.1. The van der Waals surface area contributed by atoms with Crippen LogP contribution in [0.25, 0.3) is 0 Å². The van der Waals surface area contributed by atoms with E-state index in [9.17, 15) is 9.59 Å². The van der Waals surface area contributed by atoms with Gasteiger partial charge in [-0.05, 0) is 37.5 Å². The van der Waals surface area contributed by atoms with Gasteiger partial charge in [0.15, 0.2) is 0 Å². The Balaban J connectivity index is 1.43. The number of carbonyl (C=O) groups is 2. The summed E-state index contributed by atoms with van der Waals surface area (Å²) in [7, 11) is 1.42. The van der Waals surface area contributed by atoms with Gasteiger partial charge >= 0.3 is 6.09 Å². The van der Waals surface area contributed by atoms with Gasteiger partial charge in [-0.1, -0.05) is 0 Å². The highest BCUT2D eigenvalue weighted by Crippen LogP contribution is 2.38. The van der Waals surface area contributed by atoms with E-state index in [0.717, 1.165) is 38.8 Å². The molecular weight excluding hydrogens is 296 g/mol. The Labute approximate surface area is 136 Å². The number of carbonyl (C=O) groups excluding carboxylic acids is 2. The molecule has 1 saturated carbocycles. The highest BCUT2D eigenvalue weighted by atomic mass is 16.5. The lowest BCUT2D eigenvalue weighted by atomic mass is 10.0. The van der Waals surface area contributed by atoms with Gasteiger partial charge < -0.3 is 19.9 Å². The normalized spacial score (nSPS) is 32.7. The van der Waals surface area contributed by atoms with Crippen LogP contribution < -0.4 is 5.32 Å². The van der Waals surface area contributed by atoms with Crippen LogP contribution in [0.5, 0.6) is 0 Å². The van der Waals surface area contributed by atoms with E-state index < -0.39 is 0 Å². The van der Waals surface area contributed by atoms with Crippen LogP contribution in [0.2, 0.25) is 0 Å². The predicted molar refractivity (Wildman–Crippen MR) is 82.3 cm³/mol. The zero-order valence-electron chi connectivity index (χ0n) is 13.5. The van der Waals surface area contributed by atoms with Crippen LogP contribution >= 0.6 is 0 Å². The average molecular weight is 320 g/mol. The third-order valence-corrected chi connectivity index (χ3v) is 5.45. The average Bonchev–Trinajstić information content (AvgIpc) is 3.24. The minimum atomic E-state index is -0.249. The standard InChI is InChI=1S/C16H24N4O3/c1-23-16(22)19-9-11-5-13(6-12(11)10-19)18-8-15(21)20-4-2-3-14(20)7-17/h11-14,18H,2-6,8-10H2,1H3/t11-,12+,13?,14?. The fourth-order valence-corrected chi connectivity index (χ4v) is 4.28. The minimum absolute atomic E-state index is 0.0299. The van der Waals surface area contributed by atoms with Crippen molar-refractivity contribution in [3.63, 3.8) is 0 Å². The van der Waals surface area contributed by atoms with Gasteiger partial charge in [0.25, 0.3) is 0 Å². The molecule has 7 nitrogen and oxygen atoms in total. The van der Waals surface area contributed by atoms with Crippen LogP contribution in [0.4, 0.5) is 4.79 Å². The topological polar surface area (TPSA) is 85.7 Å². The van der Waals surface area contributed by atoms with Crippen LogP contribution in [-0.4, -0.2) is 67.2 Å². The van der Waals surface area contributed by atoms with Gasteiger partial charge in [0, 0.05) is 25.7 Å². The summed E-state index contributed by atoms with van der Waals surface area (Å²) in [5.41, 5.74) is 0. The Kier molecular flexibility index (Phi) is 4.71. The molecule has 1 N–H and O–H groups in total. The quantitative estimate of drug-likeness (QED) is 0.821. The van der Waals surface area contributed by atoms with Crippen molar-refractivity contribution >= 4 is 12.0 Å². The van der Waals surface area contributed by atoms with Crippen LogP contribution in [0, 0.1) is 23.2 Å². The summed E-state index contributed by atoms with van der Waals surface area (Å²) in [6, 6.07) is 2.29. The van der Waals surface area contributed by atoms with Crippen LogP contribution in [0.15, 0.2) is 0 Å². The highest BCUT2D eigenvalue weighted by Gasteiger charge is 2.42. The van der Waals surface area contributed by atoms with E-state index in [1.807, 2.05) is 0 Å². The Morgan fingerprint density at radius 1 is 1.30 bits per heavy atom. The van der Waals surface area contributed by atoms with Gasteiger partial charge in [0.1, 0.15) is 6.04 Å². The lowest BCUT2D eigenvalue weighted by molar-refractivity contribution is -0.130. The van der Waals surface area contributed by atoms with Crippen molar-refractivity contribution < 1.29 is 14.3 Å². The maximum Gasteiger partial charge on any atom is 0.409 e. The largest absolute Gasteiger partial charge is 0.453 e. The molecule has 2 unspecified atom stereocenters. The molecule has 0 bridgehead atoms. The molecule has 3 fully saturated rings. The molecule has 4 atom stereocenters. The van der Waals surface area contributed by atoms with E-state index in [2.05, 4.69) is 11.4 Å². The van der Waals surface area contributed by atoms with Crippen molar-refractivity contribution in [1.82, 2.24) is 15.1 Å². The smallest absolute Gasteiger partial charge is 0.409 e. The monoisotopic (exact) mass is 320 g/mol. The molecular formula is C16H24N4O3. The fourth-order valence-electron chi connectivity index (χ4n) is 4.28. The van der Waals surface area contributed by atoms with Crippen LogP contribution in [-0.2, 0) is 9.53 Å². The molecule has 0 aromatic heterocycles. The summed E-state index contributed by atoms with van der Waals surface area (Å²) in [6.07, 6.45) is 3.45. The van der Waals surface area contributed by atoms with Crippen molar-refractivity contribution in [2.75, 3.05) is 33.3 Å². The van der Waals surface area contributed by atoms with Crippen LogP contribution in [0.1, 0.15) is 25.7 Å². The Morgan fingerprint density at radius 3 is 2.61 bits per heavy atom. The zero-order valence-corrected chi connectivity index (χ0v) is 13.5. The van der Waals surface area contributed by atoms with Gasteiger partial charge in [-0.2, -0.15) is 5.26 Å². The Bertz CT molecular complexity index is 504. The van der Waals surface area contributed by atoms with Crippen molar-refractivity contribution in [2.24, 2.45) is 11.8 Å². The maximum atomic E-state index is 12.2. The van der Waals surface area contributed by atoms with Gasteiger partial charge in [-0.15, -0.1) is 0 Å². The van der Waals surface area contributed by atoms with E-state index >= 15 is 0 Å². The van der Waals surface area contributed by atoms with Crippen LogP contribution in [0.3, 0.4) is 0 Å². The summed E-state index contributed by atoms with van der Waals surface area (Å²) < 4.78 is 4.78. The molecule has 2 saturated heterocycles. The number of hydrogen-bond acceptors (Lipinski definition) is 5. The number of nitrogens with zero attached hydrogens (tertiary/aromatic N) is 3. The van der Waals surface area contributed by atoms with E-state index in [1.165, 1.54) is 7.11 Å². The molecule has 23 heavy (non-hydrogen) atoms. The number of fused-ring (bicyclic) bond motifs is 1. The van der Waals surface area contributed by atoms with Gasteiger partial charge in [-0.25, -0.2) is 4.79 Å². The highest BCUT2D eigenvalue weighted by molar-refractivity contribution is 5.79. The molecule has 2 amide bonds. The lowest BCUT2D eigenvalue weighted by Crippen LogP contribution is -2.43. The van der Waals surface area contributed by atoms with E-state index in [-0.39, 0.29) is 18.0 Å². The number of likely N-dealkylation sites (tertiary alicyclic amines) is 2. The summed E-state index contributed by atoms with van der Waals surface area (Å²) in [5, 5.41) is 12.4. The maximum absolute atomic E-state index is 12.2. The third kappa shape index (κ3) is 3.27. The molecule has 2 heterocycles. The van der Waals surface area contributed by atoms with Gasteiger partial charge in [0.2, 0.25) is 5.91 Å². The fraction of sp³-hybridized carbons (Fsp3) is 0.812. The van der Waals surface area contributed by atoms with E-state index in [1.54, 1.807) is 9.80 Å². The molecule has 3 rings (SSSR count). The first-order valence-electron chi connectivity index (χ1n) is 8.37. The molecule has 0 radical (unpaired) electrons. The second-order valence-electron chi connectivity index (χ2n) is 6.82. The van der Waals surface area contributed by atoms with E-state index in [0.29, 0.717) is 31.0 Å². The summed E-state index contributed by atoms with van der Waals surface area (Å²) in [4.78, 5) is 27.3. The van der Waals surface area contributed by atoms with Crippen molar-refractivity contribution in [3.8, 4) is 6.07 Å². The first-order valence-corrected chi connectivity index (χ1v) is 8.37. The number of hydrogen-bond donors (Lipinski definition) is 1.